The van der Waals surface area contributed by atoms with Crippen LogP contribution in [0.15, 0.2) is 96.4 Å². The number of aromatic amines is 1. The third-order valence-corrected chi connectivity index (χ3v) is 10.9. The van der Waals surface area contributed by atoms with Crippen LogP contribution in [-0.4, -0.2) is 71.0 Å². The SMILES string of the molecule is CC(C)(C)c1ccc(S(=O)(=O)n2ccc3nc(CN)cnc32)cc1.O=C(OCc1ccccc1)N1CCC(c2nnc3cnc4[nH]ccc4n23)CC1. The topological polar surface area (TPSA) is 179 Å². The molecule has 14 nitrogen and oxygen atoms in total. The number of amides is 1. The smallest absolute Gasteiger partial charge is 0.410 e. The third kappa shape index (κ3) is 6.96. The van der Waals surface area contributed by atoms with Crippen LogP contribution in [0.25, 0.3) is 28.0 Å². The van der Waals surface area contributed by atoms with Crippen molar-refractivity contribution in [3.8, 4) is 0 Å². The Bertz CT molecular complexity index is 2440. The summed E-state index contributed by atoms with van der Waals surface area (Å²) in [5.41, 5.74) is 11.5. The Hall–Kier alpha value is -5.67. The van der Waals surface area contributed by atoms with Crippen molar-refractivity contribution in [2.45, 2.75) is 63.0 Å². The fourth-order valence-electron chi connectivity index (χ4n) is 6.25. The van der Waals surface area contributed by atoms with Gasteiger partial charge in [0.2, 0.25) is 0 Å². The second-order valence-electron chi connectivity index (χ2n) is 13.7. The second-order valence-corrected chi connectivity index (χ2v) is 15.5. The van der Waals surface area contributed by atoms with E-state index in [4.69, 9.17) is 10.5 Å². The van der Waals surface area contributed by atoms with Crippen molar-refractivity contribution < 1.29 is 17.9 Å². The van der Waals surface area contributed by atoms with Crippen molar-refractivity contribution in [2.24, 2.45) is 5.73 Å². The number of hydrogen-bond acceptors (Lipinski definition) is 10. The van der Waals surface area contributed by atoms with Gasteiger partial charge in [0.05, 0.1) is 28.5 Å². The van der Waals surface area contributed by atoms with E-state index >= 15 is 0 Å². The fourth-order valence-corrected chi connectivity index (χ4v) is 7.55. The molecule has 0 bridgehead atoms. The summed E-state index contributed by atoms with van der Waals surface area (Å²) in [6.07, 6.45) is 7.96. The van der Waals surface area contributed by atoms with Gasteiger partial charge in [0.1, 0.15) is 17.9 Å². The second kappa shape index (κ2) is 14.2. The molecular weight excluding hydrogens is 681 g/mol. The molecule has 0 radical (unpaired) electrons. The lowest BCUT2D eigenvalue weighted by molar-refractivity contribution is 0.0866. The molecule has 1 fully saturated rings. The average Bonchev–Trinajstić information content (AvgIpc) is 3.92. The number of carbonyl (C=O) groups is 1. The normalized spacial score (nSPS) is 14.1. The molecule has 0 aliphatic carbocycles. The van der Waals surface area contributed by atoms with Gasteiger partial charge in [0.15, 0.2) is 16.9 Å². The van der Waals surface area contributed by atoms with E-state index in [9.17, 15) is 13.2 Å². The van der Waals surface area contributed by atoms with Crippen LogP contribution in [0.3, 0.4) is 0 Å². The van der Waals surface area contributed by atoms with Crippen LogP contribution in [0, 0.1) is 0 Å². The molecule has 268 valence electrons. The van der Waals surface area contributed by atoms with Crippen LogP contribution in [0.1, 0.15) is 62.2 Å². The van der Waals surface area contributed by atoms with Gasteiger partial charge >= 0.3 is 6.09 Å². The molecule has 1 saturated heterocycles. The zero-order valence-corrected chi connectivity index (χ0v) is 30.0. The number of aromatic nitrogens is 8. The van der Waals surface area contributed by atoms with Crippen LogP contribution in [0.4, 0.5) is 4.79 Å². The minimum atomic E-state index is -3.72. The first kappa shape index (κ1) is 34.8. The fraction of sp³-hybridized carbons (Fsp3) is 0.297. The predicted octanol–water partition coefficient (Wildman–Crippen LogP) is 5.55. The summed E-state index contributed by atoms with van der Waals surface area (Å²) in [4.78, 5) is 30.4. The maximum atomic E-state index is 12.9. The van der Waals surface area contributed by atoms with Crippen molar-refractivity contribution in [3.05, 3.63) is 114 Å². The minimum absolute atomic E-state index is 0.0352. The van der Waals surface area contributed by atoms with Gasteiger partial charge in [0, 0.05) is 37.9 Å². The number of ether oxygens (including phenoxy) is 1. The largest absolute Gasteiger partial charge is 0.445 e. The first-order chi connectivity index (χ1) is 25.0. The number of hydrogen-bond donors (Lipinski definition) is 2. The number of nitrogens with zero attached hydrogens (tertiary/aromatic N) is 8. The molecule has 1 amide bonds. The van der Waals surface area contributed by atoms with Crippen LogP contribution < -0.4 is 5.73 Å². The molecule has 1 aliphatic heterocycles. The Morgan fingerprint density at radius 2 is 1.71 bits per heavy atom. The van der Waals surface area contributed by atoms with Gasteiger partial charge in [-0.05, 0) is 53.6 Å². The number of rotatable bonds is 6. The maximum Gasteiger partial charge on any atom is 0.410 e. The van der Waals surface area contributed by atoms with Gasteiger partial charge in [-0.15, -0.1) is 10.2 Å². The number of likely N-dealkylation sites (tertiary alicyclic amines) is 1. The molecule has 7 aromatic rings. The lowest BCUT2D eigenvalue weighted by Crippen LogP contribution is -2.38. The molecule has 2 aromatic carbocycles. The zero-order valence-electron chi connectivity index (χ0n) is 29.2. The van der Waals surface area contributed by atoms with E-state index in [1.54, 1.807) is 29.3 Å². The average molecular weight is 721 g/mol. The predicted molar refractivity (Wildman–Crippen MR) is 196 cm³/mol. The first-order valence-corrected chi connectivity index (χ1v) is 18.5. The summed E-state index contributed by atoms with van der Waals surface area (Å²) in [6.45, 7) is 8.10. The number of piperidine rings is 1. The number of benzene rings is 2. The Morgan fingerprint density at radius 3 is 2.42 bits per heavy atom. The summed E-state index contributed by atoms with van der Waals surface area (Å²) in [7, 11) is -3.72. The summed E-state index contributed by atoms with van der Waals surface area (Å²) >= 11 is 0. The van der Waals surface area contributed by atoms with Crippen molar-refractivity contribution in [3.63, 3.8) is 0 Å². The Labute approximate surface area is 300 Å². The summed E-state index contributed by atoms with van der Waals surface area (Å²) in [6, 6.07) is 20.3. The standard InChI is InChI=1S/C20H20N6O2.C17H20N4O2S/c27-20(28-13-14-4-2-1-3-5-14)25-10-7-15(8-11-25)19-24-23-17-12-22-18-16(26(17)19)6-9-21-18;1-17(2,3)12-4-6-14(7-5-12)24(22,23)21-9-8-15-16(21)19-11-13(10-18)20-15/h1-6,9,12,15,21H,7-8,10-11,13H2;4-9,11H,10,18H2,1-3H3. The highest BCUT2D eigenvalue weighted by molar-refractivity contribution is 7.90. The Kier molecular flexibility index (Phi) is 9.46. The van der Waals surface area contributed by atoms with E-state index < -0.39 is 10.0 Å². The quantitative estimate of drug-likeness (QED) is 0.221. The maximum absolute atomic E-state index is 12.9. The molecule has 52 heavy (non-hydrogen) atoms. The summed E-state index contributed by atoms with van der Waals surface area (Å²) < 4.78 is 34.5. The molecule has 1 aliphatic rings. The number of nitrogens with one attached hydrogen (secondary N) is 1. The minimum Gasteiger partial charge on any atom is -0.445 e. The van der Waals surface area contributed by atoms with Gasteiger partial charge in [-0.2, -0.15) is 0 Å². The van der Waals surface area contributed by atoms with Gasteiger partial charge < -0.3 is 20.4 Å². The molecule has 0 saturated carbocycles. The van der Waals surface area contributed by atoms with Crippen molar-refractivity contribution in [2.75, 3.05) is 13.1 Å². The Morgan fingerprint density at radius 1 is 0.962 bits per heavy atom. The monoisotopic (exact) mass is 720 g/mol. The van der Waals surface area contributed by atoms with E-state index in [2.05, 4.69) is 55.3 Å². The number of fused-ring (bicyclic) bond motifs is 4. The zero-order chi connectivity index (χ0) is 36.5. The van der Waals surface area contributed by atoms with E-state index in [1.807, 2.05) is 54.7 Å². The number of H-pyrrole nitrogens is 1. The van der Waals surface area contributed by atoms with E-state index in [0.29, 0.717) is 36.6 Å². The van der Waals surface area contributed by atoms with Crippen LogP contribution >= 0.6 is 0 Å². The number of nitrogens with two attached hydrogens (primary N) is 1. The molecule has 15 heteroatoms. The molecule has 0 unspecified atom stereocenters. The molecule has 0 atom stereocenters. The van der Waals surface area contributed by atoms with E-state index in [1.165, 1.54) is 12.4 Å². The van der Waals surface area contributed by atoms with Crippen LogP contribution in [0.2, 0.25) is 0 Å². The van der Waals surface area contributed by atoms with Gasteiger partial charge in [0.25, 0.3) is 10.0 Å². The lowest BCUT2D eigenvalue weighted by Gasteiger charge is -2.30. The van der Waals surface area contributed by atoms with E-state index in [0.717, 1.165) is 50.6 Å². The van der Waals surface area contributed by atoms with Crippen LogP contribution in [-0.2, 0) is 33.3 Å². The van der Waals surface area contributed by atoms with Crippen molar-refractivity contribution >= 4 is 44.1 Å². The van der Waals surface area contributed by atoms with E-state index in [-0.39, 0.29) is 28.9 Å². The van der Waals surface area contributed by atoms with Gasteiger partial charge in [-0.3, -0.25) is 4.40 Å². The highest BCUT2D eigenvalue weighted by Crippen LogP contribution is 2.29. The highest BCUT2D eigenvalue weighted by atomic mass is 32.2. The lowest BCUT2D eigenvalue weighted by atomic mass is 9.87. The molecule has 6 heterocycles. The van der Waals surface area contributed by atoms with Crippen molar-refractivity contribution in [1.82, 2.24) is 43.4 Å². The molecule has 5 aromatic heterocycles. The molecule has 0 spiro atoms. The molecule has 8 rings (SSSR count). The molecule has 3 N–H and O–H groups in total. The third-order valence-electron chi connectivity index (χ3n) is 9.18. The van der Waals surface area contributed by atoms with Crippen LogP contribution in [0.5, 0.6) is 0 Å². The summed E-state index contributed by atoms with van der Waals surface area (Å²) in [5, 5.41) is 8.69. The first-order valence-electron chi connectivity index (χ1n) is 17.0. The Balaban J connectivity index is 0.000000164. The summed E-state index contributed by atoms with van der Waals surface area (Å²) in [5.74, 6) is 1.17. The van der Waals surface area contributed by atoms with Crippen molar-refractivity contribution in [1.29, 1.82) is 0 Å². The number of carbonyl (C=O) groups excluding carboxylic acids is 1. The molecular formula is C37H40N10O4S. The highest BCUT2D eigenvalue weighted by Gasteiger charge is 2.28. The van der Waals surface area contributed by atoms with Gasteiger partial charge in [-0.25, -0.2) is 32.1 Å². The van der Waals surface area contributed by atoms with Gasteiger partial charge in [-0.1, -0.05) is 63.2 Å².